The van der Waals surface area contributed by atoms with Gasteiger partial charge in [0.1, 0.15) is 11.6 Å². The molecule has 0 aromatic heterocycles. The number of aliphatic hydroxyl groups is 1. The molecule has 6 heteroatoms. The third-order valence-corrected chi connectivity index (χ3v) is 6.79. The summed E-state index contributed by atoms with van der Waals surface area (Å²) in [5.41, 5.74) is 3.02. The molecule has 2 aromatic carbocycles. The van der Waals surface area contributed by atoms with Crippen LogP contribution in [0.15, 0.2) is 48.0 Å². The van der Waals surface area contributed by atoms with E-state index in [4.69, 9.17) is 4.74 Å². The smallest absolute Gasteiger partial charge is 0.295 e. The average Bonchev–Trinajstić information content (AvgIpc) is 3.41. The van der Waals surface area contributed by atoms with Crippen molar-refractivity contribution in [3.8, 4) is 0 Å². The van der Waals surface area contributed by atoms with Gasteiger partial charge in [0.25, 0.3) is 11.7 Å². The maximum atomic E-state index is 14.9. The SMILES string of the molecule is O=C1C(=O)N(CC2CCCO2)C(c2ccccc2F)/C1=C(\O)c1ccc2c(c1)CCCC2. The lowest BCUT2D eigenvalue weighted by molar-refractivity contribution is -0.140. The summed E-state index contributed by atoms with van der Waals surface area (Å²) in [5.74, 6) is -2.28. The van der Waals surface area contributed by atoms with Crippen LogP contribution in [0.3, 0.4) is 0 Å². The van der Waals surface area contributed by atoms with Crippen LogP contribution in [0.25, 0.3) is 5.76 Å². The lowest BCUT2D eigenvalue weighted by atomic mass is 9.88. The highest BCUT2D eigenvalue weighted by atomic mass is 19.1. The van der Waals surface area contributed by atoms with E-state index in [-0.39, 0.29) is 29.5 Å². The summed E-state index contributed by atoms with van der Waals surface area (Å²) in [7, 11) is 0. The molecule has 2 aliphatic heterocycles. The summed E-state index contributed by atoms with van der Waals surface area (Å²) in [6.07, 6.45) is 5.59. The molecular weight excluding hydrogens is 409 g/mol. The summed E-state index contributed by atoms with van der Waals surface area (Å²) in [4.78, 5) is 27.5. The molecule has 0 radical (unpaired) electrons. The number of amides is 1. The van der Waals surface area contributed by atoms with Crippen LogP contribution in [0.2, 0.25) is 0 Å². The van der Waals surface area contributed by atoms with Gasteiger partial charge in [-0.2, -0.15) is 0 Å². The van der Waals surface area contributed by atoms with Gasteiger partial charge in [0.2, 0.25) is 0 Å². The number of ketones is 1. The fraction of sp³-hybridized carbons (Fsp3) is 0.385. The summed E-state index contributed by atoms with van der Waals surface area (Å²) < 4.78 is 20.5. The summed E-state index contributed by atoms with van der Waals surface area (Å²) in [5, 5.41) is 11.2. The molecule has 1 aliphatic carbocycles. The largest absolute Gasteiger partial charge is 0.507 e. The summed E-state index contributed by atoms with van der Waals surface area (Å²) >= 11 is 0. The van der Waals surface area contributed by atoms with Crippen molar-refractivity contribution in [1.29, 1.82) is 0 Å². The number of halogens is 1. The Bertz CT molecular complexity index is 1100. The highest BCUT2D eigenvalue weighted by Gasteiger charge is 2.47. The van der Waals surface area contributed by atoms with E-state index >= 15 is 0 Å². The molecular formula is C26H26FNO4. The van der Waals surface area contributed by atoms with Crippen molar-refractivity contribution in [3.05, 3.63) is 76.1 Å². The minimum atomic E-state index is -0.989. The number of aliphatic hydroxyl groups excluding tert-OH is 1. The Kier molecular flexibility index (Phi) is 5.55. The zero-order valence-corrected chi connectivity index (χ0v) is 17.9. The molecule has 2 fully saturated rings. The summed E-state index contributed by atoms with van der Waals surface area (Å²) in [6.45, 7) is 0.790. The van der Waals surface area contributed by atoms with Crippen molar-refractivity contribution < 1.29 is 23.8 Å². The zero-order valence-electron chi connectivity index (χ0n) is 17.9. The number of carbonyl (C=O) groups excluding carboxylic acids is 2. The first-order valence-corrected chi connectivity index (χ1v) is 11.3. The molecule has 2 heterocycles. The van der Waals surface area contributed by atoms with Gasteiger partial charge in [0, 0.05) is 24.3 Å². The van der Waals surface area contributed by atoms with Gasteiger partial charge in [0.05, 0.1) is 17.7 Å². The van der Waals surface area contributed by atoms with Crippen molar-refractivity contribution in [2.75, 3.05) is 13.2 Å². The molecule has 0 saturated carbocycles. The number of hydrogen-bond donors (Lipinski definition) is 1. The van der Waals surface area contributed by atoms with Crippen molar-refractivity contribution in [2.24, 2.45) is 0 Å². The van der Waals surface area contributed by atoms with Crippen LogP contribution >= 0.6 is 0 Å². The predicted molar refractivity (Wildman–Crippen MR) is 117 cm³/mol. The Balaban J connectivity index is 1.62. The van der Waals surface area contributed by atoms with Gasteiger partial charge in [0.15, 0.2) is 0 Å². The molecule has 3 aliphatic rings. The topological polar surface area (TPSA) is 66.8 Å². The first-order chi connectivity index (χ1) is 15.5. The Hall–Kier alpha value is -2.99. The second kappa shape index (κ2) is 8.51. The number of hydrogen-bond acceptors (Lipinski definition) is 4. The van der Waals surface area contributed by atoms with Crippen LogP contribution in [0.5, 0.6) is 0 Å². The highest BCUT2D eigenvalue weighted by molar-refractivity contribution is 6.46. The maximum Gasteiger partial charge on any atom is 0.295 e. The van der Waals surface area contributed by atoms with E-state index in [0.29, 0.717) is 12.2 Å². The van der Waals surface area contributed by atoms with Crippen LogP contribution in [-0.4, -0.2) is 41.0 Å². The van der Waals surface area contributed by atoms with Crippen LogP contribution < -0.4 is 0 Å². The molecule has 166 valence electrons. The minimum Gasteiger partial charge on any atom is -0.507 e. The lowest BCUT2D eigenvalue weighted by Gasteiger charge is -2.27. The van der Waals surface area contributed by atoms with Gasteiger partial charge in [-0.05, 0) is 61.8 Å². The number of likely N-dealkylation sites (tertiary alicyclic amines) is 1. The third-order valence-electron chi connectivity index (χ3n) is 6.79. The van der Waals surface area contributed by atoms with Gasteiger partial charge in [-0.3, -0.25) is 9.59 Å². The second-order valence-electron chi connectivity index (χ2n) is 8.80. The number of benzene rings is 2. The van der Waals surface area contributed by atoms with Crippen molar-refractivity contribution in [1.82, 2.24) is 4.90 Å². The molecule has 2 saturated heterocycles. The van der Waals surface area contributed by atoms with E-state index in [2.05, 4.69) is 0 Å². The molecule has 2 unspecified atom stereocenters. The Morgan fingerprint density at radius 3 is 2.59 bits per heavy atom. The number of aryl methyl sites for hydroxylation is 2. The molecule has 0 bridgehead atoms. The van der Waals surface area contributed by atoms with E-state index < -0.39 is 23.5 Å². The molecule has 1 N–H and O–H groups in total. The summed E-state index contributed by atoms with van der Waals surface area (Å²) in [6, 6.07) is 10.8. The predicted octanol–water partition coefficient (Wildman–Crippen LogP) is 4.31. The molecule has 32 heavy (non-hydrogen) atoms. The number of nitrogens with zero attached hydrogens (tertiary/aromatic N) is 1. The third kappa shape index (κ3) is 3.62. The second-order valence-corrected chi connectivity index (χ2v) is 8.80. The standard InChI is InChI=1S/C26H26FNO4/c27-21-10-4-3-9-20(21)23-22(25(30)26(31)28(23)15-19-8-5-13-32-19)24(29)18-12-11-16-6-1-2-7-17(16)14-18/h3-4,9-12,14,19,23,29H,1-2,5-8,13,15H2/b24-22+. The van der Waals surface area contributed by atoms with Crippen LogP contribution in [-0.2, 0) is 27.2 Å². The van der Waals surface area contributed by atoms with Gasteiger partial charge in [-0.15, -0.1) is 0 Å². The number of Topliss-reactive ketones (excluding diaryl/α,β-unsaturated/α-hetero) is 1. The molecule has 2 aromatic rings. The van der Waals surface area contributed by atoms with Crippen LogP contribution in [0.1, 0.15) is 54.0 Å². The Morgan fingerprint density at radius 1 is 1.06 bits per heavy atom. The molecule has 0 spiro atoms. The van der Waals surface area contributed by atoms with E-state index in [1.54, 1.807) is 24.3 Å². The Labute approximate surface area is 186 Å². The van der Waals surface area contributed by atoms with E-state index in [0.717, 1.165) is 44.1 Å². The van der Waals surface area contributed by atoms with Crippen molar-refractivity contribution in [3.63, 3.8) is 0 Å². The molecule has 5 rings (SSSR count). The average molecular weight is 435 g/mol. The highest BCUT2D eigenvalue weighted by Crippen LogP contribution is 2.41. The normalized spacial score (nSPS) is 24.7. The van der Waals surface area contributed by atoms with Gasteiger partial charge >= 0.3 is 0 Å². The Morgan fingerprint density at radius 2 is 1.84 bits per heavy atom. The monoisotopic (exact) mass is 435 g/mol. The van der Waals surface area contributed by atoms with E-state index in [1.807, 2.05) is 12.1 Å². The molecule has 2 atom stereocenters. The fourth-order valence-corrected chi connectivity index (χ4v) is 5.13. The van der Waals surface area contributed by atoms with Crippen molar-refractivity contribution in [2.45, 2.75) is 50.7 Å². The zero-order chi connectivity index (χ0) is 22.2. The van der Waals surface area contributed by atoms with Crippen LogP contribution in [0.4, 0.5) is 4.39 Å². The van der Waals surface area contributed by atoms with E-state index in [9.17, 15) is 19.1 Å². The lowest BCUT2D eigenvalue weighted by Crippen LogP contribution is -2.36. The van der Waals surface area contributed by atoms with E-state index in [1.165, 1.54) is 16.5 Å². The fourth-order valence-electron chi connectivity index (χ4n) is 5.13. The quantitative estimate of drug-likeness (QED) is 0.442. The first-order valence-electron chi connectivity index (χ1n) is 11.3. The van der Waals surface area contributed by atoms with Gasteiger partial charge < -0.3 is 14.7 Å². The molecule has 5 nitrogen and oxygen atoms in total. The number of ether oxygens (including phenoxy) is 1. The van der Waals surface area contributed by atoms with Crippen LogP contribution in [0, 0.1) is 5.82 Å². The van der Waals surface area contributed by atoms with Gasteiger partial charge in [-0.25, -0.2) is 4.39 Å². The van der Waals surface area contributed by atoms with Gasteiger partial charge in [-0.1, -0.05) is 30.3 Å². The minimum absolute atomic E-state index is 0.0612. The number of rotatable bonds is 4. The number of carbonyl (C=O) groups is 2. The molecule has 1 amide bonds. The first kappa shape index (κ1) is 20.9. The van der Waals surface area contributed by atoms with Crippen molar-refractivity contribution >= 4 is 17.4 Å². The number of fused-ring (bicyclic) bond motifs is 1. The maximum absolute atomic E-state index is 14.9.